The van der Waals surface area contributed by atoms with Gasteiger partial charge in [-0.25, -0.2) is 4.79 Å². The number of halogens is 1. The second-order valence-electron chi connectivity index (χ2n) is 3.33. The van der Waals surface area contributed by atoms with E-state index in [1.807, 2.05) is 0 Å². The molecule has 0 radical (unpaired) electrons. The molecule has 2 rings (SSSR count). The van der Waals surface area contributed by atoms with Crippen molar-refractivity contribution < 1.29 is 18.8 Å². The Bertz CT molecular complexity index is 541. The SMILES string of the molecule is COC(=O)c1ccc2onc(OCCN)c2c1.Cl. The molecule has 0 unspecified atom stereocenters. The highest BCUT2D eigenvalue weighted by atomic mass is 35.5. The zero-order valence-electron chi connectivity index (χ0n) is 9.71. The standard InChI is InChI=1S/C11H12N2O4.ClH/c1-15-11(14)7-2-3-9-8(6-7)10(13-17-9)16-5-4-12;/h2-3,6H,4-5,12H2,1H3;1H. The number of benzene rings is 1. The fourth-order valence-electron chi connectivity index (χ4n) is 1.42. The number of fused-ring (bicyclic) bond motifs is 1. The van der Waals surface area contributed by atoms with E-state index < -0.39 is 5.97 Å². The van der Waals surface area contributed by atoms with Gasteiger partial charge in [0.15, 0.2) is 5.58 Å². The van der Waals surface area contributed by atoms with Crippen molar-refractivity contribution in [3.05, 3.63) is 23.8 Å². The maximum atomic E-state index is 11.4. The summed E-state index contributed by atoms with van der Waals surface area (Å²) in [6.07, 6.45) is 0. The lowest BCUT2D eigenvalue weighted by atomic mass is 10.1. The highest BCUT2D eigenvalue weighted by Crippen LogP contribution is 2.25. The van der Waals surface area contributed by atoms with E-state index >= 15 is 0 Å². The van der Waals surface area contributed by atoms with Crippen molar-refractivity contribution in [1.82, 2.24) is 5.16 Å². The minimum atomic E-state index is -0.419. The second-order valence-corrected chi connectivity index (χ2v) is 3.33. The number of rotatable bonds is 4. The van der Waals surface area contributed by atoms with Gasteiger partial charge in [-0.1, -0.05) is 0 Å². The Labute approximate surface area is 109 Å². The lowest BCUT2D eigenvalue weighted by molar-refractivity contribution is 0.0601. The van der Waals surface area contributed by atoms with E-state index in [0.29, 0.717) is 35.6 Å². The summed E-state index contributed by atoms with van der Waals surface area (Å²) in [6.45, 7) is 0.717. The Morgan fingerprint density at radius 2 is 2.28 bits per heavy atom. The van der Waals surface area contributed by atoms with E-state index in [1.165, 1.54) is 7.11 Å². The van der Waals surface area contributed by atoms with Crippen LogP contribution in [0.15, 0.2) is 22.7 Å². The summed E-state index contributed by atoms with van der Waals surface area (Å²) in [4.78, 5) is 11.4. The summed E-state index contributed by atoms with van der Waals surface area (Å²) in [5.74, 6) is -0.0888. The van der Waals surface area contributed by atoms with E-state index in [0.717, 1.165) is 0 Å². The smallest absolute Gasteiger partial charge is 0.337 e. The topological polar surface area (TPSA) is 87.6 Å². The van der Waals surface area contributed by atoms with Gasteiger partial charge >= 0.3 is 5.97 Å². The average Bonchev–Trinajstić information content (AvgIpc) is 2.77. The Morgan fingerprint density at radius 3 is 2.94 bits per heavy atom. The second kappa shape index (κ2) is 6.23. The van der Waals surface area contributed by atoms with Gasteiger partial charge in [0.1, 0.15) is 6.61 Å². The fraction of sp³-hybridized carbons (Fsp3) is 0.273. The molecule has 1 heterocycles. The predicted molar refractivity (Wildman–Crippen MR) is 67.1 cm³/mol. The van der Waals surface area contributed by atoms with Crippen molar-refractivity contribution in [2.24, 2.45) is 5.73 Å². The molecule has 2 aromatic rings. The zero-order valence-corrected chi connectivity index (χ0v) is 10.5. The van der Waals surface area contributed by atoms with Gasteiger partial charge in [-0.3, -0.25) is 0 Å². The Balaban J connectivity index is 0.00000162. The van der Waals surface area contributed by atoms with E-state index in [1.54, 1.807) is 18.2 Å². The van der Waals surface area contributed by atoms with Gasteiger partial charge in [0.05, 0.1) is 18.1 Å². The number of nitrogens with two attached hydrogens (primary N) is 1. The summed E-state index contributed by atoms with van der Waals surface area (Å²) in [6, 6.07) is 4.86. The van der Waals surface area contributed by atoms with Crippen LogP contribution in [0.5, 0.6) is 5.88 Å². The quantitative estimate of drug-likeness (QED) is 0.846. The van der Waals surface area contributed by atoms with Crippen molar-refractivity contribution in [2.75, 3.05) is 20.3 Å². The fourth-order valence-corrected chi connectivity index (χ4v) is 1.42. The monoisotopic (exact) mass is 272 g/mol. The summed E-state index contributed by atoms with van der Waals surface area (Å²) in [5.41, 5.74) is 6.29. The number of hydrogen-bond acceptors (Lipinski definition) is 6. The predicted octanol–water partition coefficient (Wildman–Crippen LogP) is 1.37. The van der Waals surface area contributed by atoms with Crippen molar-refractivity contribution in [3.63, 3.8) is 0 Å². The molecule has 0 aliphatic carbocycles. The van der Waals surface area contributed by atoms with Crippen molar-refractivity contribution in [2.45, 2.75) is 0 Å². The minimum Gasteiger partial charge on any atom is -0.474 e. The van der Waals surface area contributed by atoms with Gasteiger partial charge in [0, 0.05) is 6.54 Å². The van der Waals surface area contributed by atoms with Crippen molar-refractivity contribution in [3.8, 4) is 5.88 Å². The number of carbonyl (C=O) groups excluding carboxylic acids is 1. The van der Waals surface area contributed by atoms with E-state index in [4.69, 9.17) is 15.0 Å². The molecule has 1 aromatic carbocycles. The molecule has 0 fully saturated rings. The largest absolute Gasteiger partial charge is 0.474 e. The van der Waals surface area contributed by atoms with Crippen LogP contribution in [0.1, 0.15) is 10.4 Å². The molecule has 0 amide bonds. The molecule has 1 aromatic heterocycles. The molecule has 7 heteroatoms. The van der Waals surface area contributed by atoms with Gasteiger partial charge in [0.2, 0.25) is 0 Å². The first-order valence-electron chi connectivity index (χ1n) is 5.07. The first-order valence-corrected chi connectivity index (χ1v) is 5.07. The maximum Gasteiger partial charge on any atom is 0.337 e. The van der Waals surface area contributed by atoms with Crippen LogP contribution in [-0.2, 0) is 4.74 Å². The van der Waals surface area contributed by atoms with Gasteiger partial charge < -0.3 is 19.7 Å². The number of aromatic nitrogens is 1. The first kappa shape index (κ1) is 14.3. The molecule has 18 heavy (non-hydrogen) atoms. The number of nitrogens with zero attached hydrogens (tertiary/aromatic N) is 1. The molecule has 98 valence electrons. The van der Waals surface area contributed by atoms with Crippen LogP contribution in [0.25, 0.3) is 11.0 Å². The van der Waals surface area contributed by atoms with Gasteiger partial charge in [0.25, 0.3) is 5.88 Å². The third kappa shape index (κ3) is 2.72. The van der Waals surface area contributed by atoms with Crippen LogP contribution in [0, 0.1) is 0 Å². The van der Waals surface area contributed by atoms with Gasteiger partial charge in [-0.05, 0) is 23.4 Å². The molecule has 0 bridgehead atoms. The normalized spacial score (nSPS) is 9.89. The molecule has 0 aliphatic heterocycles. The molecular formula is C11H13ClN2O4. The summed E-state index contributed by atoms with van der Waals surface area (Å²) >= 11 is 0. The number of hydrogen-bond donors (Lipinski definition) is 1. The summed E-state index contributed by atoms with van der Waals surface area (Å²) < 4.78 is 15.0. The van der Waals surface area contributed by atoms with Crippen LogP contribution in [0.3, 0.4) is 0 Å². The summed E-state index contributed by atoms with van der Waals surface area (Å²) in [7, 11) is 1.33. The molecule has 2 N–H and O–H groups in total. The number of methoxy groups -OCH3 is 1. The van der Waals surface area contributed by atoms with Crippen LogP contribution in [-0.4, -0.2) is 31.4 Å². The third-order valence-electron chi connectivity index (χ3n) is 2.21. The zero-order chi connectivity index (χ0) is 12.3. The Morgan fingerprint density at radius 1 is 1.50 bits per heavy atom. The lowest BCUT2D eigenvalue weighted by Crippen LogP contribution is -2.10. The van der Waals surface area contributed by atoms with Crippen molar-refractivity contribution >= 4 is 29.3 Å². The Kier molecular flexibility index (Phi) is 4.94. The molecule has 6 nitrogen and oxygen atoms in total. The van der Waals surface area contributed by atoms with Crippen molar-refractivity contribution in [1.29, 1.82) is 0 Å². The summed E-state index contributed by atoms with van der Waals surface area (Å²) in [5, 5.41) is 4.38. The minimum absolute atomic E-state index is 0. The van der Waals surface area contributed by atoms with Crippen LogP contribution >= 0.6 is 12.4 Å². The number of ether oxygens (including phenoxy) is 2. The highest BCUT2D eigenvalue weighted by Gasteiger charge is 2.13. The molecule has 0 saturated carbocycles. The average molecular weight is 273 g/mol. The number of esters is 1. The van der Waals surface area contributed by atoms with E-state index in [-0.39, 0.29) is 12.4 Å². The molecular weight excluding hydrogens is 260 g/mol. The maximum absolute atomic E-state index is 11.4. The molecule has 0 atom stereocenters. The lowest BCUT2D eigenvalue weighted by Gasteiger charge is -2.00. The van der Waals surface area contributed by atoms with Gasteiger partial charge in [-0.15, -0.1) is 12.4 Å². The molecule has 0 saturated heterocycles. The molecule has 0 aliphatic rings. The molecule has 0 spiro atoms. The van der Waals surface area contributed by atoms with E-state index in [9.17, 15) is 4.79 Å². The van der Waals surface area contributed by atoms with Gasteiger partial charge in [-0.2, -0.15) is 0 Å². The number of carbonyl (C=O) groups is 1. The third-order valence-corrected chi connectivity index (χ3v) is 2.21. The van der Waals surface area contributed by atoms with E-state index in [2.05, 4.69) is 9.89 Å². The first-order chi connectivity index (χ1) is 8.26. The van der Waals surface area contributed by atoms with Crippen LogP contribution < -0.4 is 10.5 Å². The van der Waals surface area contributed by atoms with Crippen LogP contribution in [0.4, 0.5) is 0 Å². The highest BCUT2D eigenvalue weighted by molar-refractivity contribution is 5.95. The Hall–Kier alpha value is -1.79. The van der Waals surface area contributed by atoms with Crippen LogP contribution in [0.2, 0.25) is 0 Å².